The van der Waals surface area contributed by atoms with Gasteiger partial charge in [-0.25, -0.2) is 4.39 Å². The minimum absolute atomic E-state index is 0.292. The summed E-state index contributed by atoms with van der Waals surface area (Å²) < 4.78 is 19.9. The molecule has 0 unspecified atom stereocenters. The van der Waals surface area contributed by atoms with Crippen LogP contribution in [-0.4, -0.2) is 4.92 Å². The van der Waals surface area contributed by atoms with Gasteiger partial charge in [-0.2, -0.15) is 0 Å². The van der Waals surface area contributed by atoms with Crippen LogP contribution in [0.1, 0.15) is 5.56 Å². The van der Waals surface area contributed by atoms with Crippen molar-refractivity contribution < 1.29 is 14.1 Å². The van der Waals surface area contributed by atoms with Crippen molar-refractivity contribution in [2.75, 3.05) is 0 Å². The summed E-state index contributed by atoms with van der Waals surface area (Å²) in [6.07, 6.45) is 0. The van der Waals surface area contributed by atoms with Crippen molar-refractivity contribution in [2.45, 2.75) is 6.92 Å². The van der Waals surface area contributed by atoms with Gasteiger partial charge >= 0.3 is 5.69 Å². The third-order valence-corrected chi connectivity index (χ3v) is 3.43. The molecule has 0 saturated heterocycles. The highest BCUT2D eigenvalue weighted by Gasteiger charge is 2.22. The van der Waals surface area contributed by atoms with Gasteiger partial charge < -0.3 is 4.74 Å². The Morgan fingerprint density at radius 2 is 1.77 bits per heavy atom. The lowest BCUT2D eigenvalue weighted by molar-refractivity contribution is -0.385. The third-order valence-electron chi connectivity index (χ3n) is 3.43. The number of halogens is 1. The number of aryl methyl sites for hydroxylation is 1. The van der Waals surface area contributed by atoms with Gasteiger partial charge in [0.05, 0.1) is 4.92 Å². The zero-order chi connectivity index (χ0) is 15.7. The first kappa shape index (κ1) is 14.0. The monoisotopic (exact) mass is 297 g/mol. The van der Waals surface area contributed by atoms with Crippen LogP contribution in [-0.2, 0) is 0 Å². The molecule has 0 aliphatic heterocycles. The van der Waals surface area contributed by atoms with Crippen molar-refractivity contribution in [3.8, 4) is 11.5 Å². The van der Waals surface area contributed by atoms with Crippen LogP contribution in [0.5, 0.6) is 11.5 Å². The number of hydrogen-bond donors (Lipinski definition) is 0. The summed E-state index contributed by atoms with van der Waals surface area (Å²) in [7, 11) is 0. The quantitative estimate of drug-likeness (QED) is 0.505. The number of benzene rings is 3. The number of nitro benzene ring substituents is 1. The van der Waals surface area contributed by atoms with Crippen molar-refractivity contribution >= 4 is 16.5 Å². The molecular formula is C17H12FNO3. The number of rotatable bonds is 3. The van der Waals surface area contributed by atoms with Crippen molar-refractivity contribution in [3.05, 3.63) is 76.1 Å². The standard InChI is InChI=1S/C17H12FNO3/c1-11-9-10-14(19(20)21)17(16(11)18)22-15-8-4-6-12-5-2-3-7-13(12)15/h2-10H,1H3. The Kier molecular flexibility index (Phi) is 3.47. The van der Waals surface area contributed by atoms with Gasteiger partial charge in [-0.15, -0.1) is 0 Å². The summed E-state index contributed by atoms with van der Waals surface area (Å²) in [5, 5.41) is 12.8. The molecule has 0 spiro atoms. The van der Waals surface area contributed by atoms with E-state index in [1.54, 1.807) is 12.1 Å². The van der Waals surface area contributed by atoms with E-state index in [0.29, 0.717) is 11.3 Å². The molecule has 3 aromatic rings. The summed E-state index contributed by atoms with van der Waals surface area (Å²) in [6.45, 7) is 1.54. The van der Waals surface area contributed by atoms with Gasteiger partial charge in [0.15, 0.2) is 5.82 Å². The Labute approximate surface area is 125 Å². The first-order chi connectivity index (χ1) is 10.6. The molecule has 0 aliphatic carbocycles. The lowest BCUT2D eigenvalue weighted by atomic mass is 10.1. The van der Waals surface area contributed by atoms with Crippen LogP contribution in [0.15, 0.2) is 54.6 Å². The highest BCUT2D eigenvalue weighted by molar-refractivity contribution is 5.88. The smallest absolute Gasteiger partial charge is 0.314 e. The Hall–Kier alpha value is -2.95. The first-order valence-electron chi connectivity index (χ1n) is 6.67. The molecule has 0 saturated carbocycles. The van der Waals surface area contributed by atoms with Crippen LogP contribution in [0.3, 0.4) is 0 Å². The maximum absolute atomic E-state index is 14.3. The van der Waals surface area contributed by atoms with E-state index >= 15 is 0 Å². The summed E-state index contributed by atoms with van der Waals surface area (Å²) in [5.41, 5.74) is -0.100. The molecule has 3 aromatic carbocycles. The molecular weight excluding hydrogens is 285 g/mol. The molecule has 3 rings (SSSR count). The van der Waals surface area contributed by atoms with Crippen LogP contribution in [0.4, 0.5) is 10.1 Å². The van der Waals surface area contributed by atoms with Crippen molar-refractivity contribution in [1.29, 1.82) is 0 Å². The van der Waals surface area contributed by atoms with Crippen molar-refractivity contribution in [2.24, 2.45) is 0 Å². The van der Waals surface area contributed by atoms with Gasteiger partial charge in [0.25, 0.3) is 0 Å². The molecule has 0 amide bonds. The second kappa shape index (κ2) is 5.44. The number of fused-ring (bicyclic) bond motifs is 1. The maximum atomic E-state index is 14.3. The Balaban J connectivity index is 2.17. The second-order valence-corrected chi connectivity index (χ2v) is 4.88. The lowest BCUT2D eigenvalue weighted by Crippen LogP contribution is -1.98. The molecule has 5 heteroatoms. The molecule has 0 aliphatic rings. The predicted molar refractivity (Wildman–Crippen MR) is 81.8 cm³/mol. The molecule has 0 heterocycles. The fraction of sp³-hybridized carbons (Fsp3) is 0.0588. The molecule has 0 bridgehead atoms. The maximum Gasteiger partial charge on any atom is 0.314 e. The normalized spacial score (nSPS) is 10.6. The zero-order valence-electron chi connectivity index (χ0n) is 11.7. The van der Waals surface area contributed by atoms with Crippen LogP contribution >= 0.6 is 0 Å². The van der Waals surface area contributed by atoms with Crippen LogP contribution in [0, 0.1) is 22.9 Å². The fourth-order valence-corrected chi connectivity index (χ4v) is 2.28. The van der Waals surface area contributed by atoms with Crippen LogP contribution in [0.2, 0.25) is 0 Å². The third kappa shape index (κ3) is 2.37. The lowest BCUT2D eigenvalue weighted by Gasteiger charge is -2.11. The summed E-state index contributed by atoms with van der Waals surface area (Å²) in [4.78, 5) is 10.4. The predicted octanol–water partition coefficient (Wildman–Crippen LogP) is 4.99. The van der Waals surface area contributed by atoms with Crippen molar-refractivity contribution in [3.63, 3.8) is 0 Å². The zero-order valence-corrected chi connectivity index (χ0v) is 11.7. The highest BCUT2D eigenvalue weighted by Crippen LogP contribution is 2.37. The van der Waals surface area contributed by atoms with Gasteiger partial charge in [-0.1, -0.05) is 36.4 Å². The van der Waals surface area contributed by atoms with E-state index in [1.165, 1.54) is 19.1 Å². The van der Waals surface area contributed by atoms with Gasteiger partial charge in [-0.3, -0.25) is 10.1 Å². The molecule has 0 aromatic heterocycles. The second-order valence-electron chi connectivity index (χ2n) is 4.88. The van der Waals surface area contributed by atoms with Gasteiger partial charge in [-0.05, 0) is 30.0 Å². The van der Waals surface area contributed by atoms with E-state index in [4.69, 9.17) is 4.74 Å². The van der Waals surface area contributed by atoms with E-state index in [-0.39, 0.29) is 5.75 Å². The molecule has 0 N–H and O–H groups in total. The number of nitro groups is 1. The van der Waals surface area contributed by atoms with E-state index in [2.05, 4.69) is 0 Å². The van der Waals surface area contributed by atoms with E-state index in [9.17, 15) is 14.5 Å². The highest BCUT2D eigenvalue weighted by atomic mass is 19.1. The topological polar surface area (TPSA) is 52.4 Å². The SMILES string of the molecule is Cc1ccc([N+](=O)[O-])c(Oc2cccc3ccccc23)c1F. The average Bonchev–Trinajstić information content (AvgIpc) is 2.52. The molecule has 0 radical (unpaired) electrons. The van der Waals surface area contributed by atoms with Gasteiger partial charge in [0.2, 0.25) is 5.75 Å². The first-order valence-corrected chi connectivity index (χ1v) is 6.67. The Morgan fingerprint density at radius 1 is 1.05 bits per heavy atom. The molecule has 22 heavy (non-hydrogen) atoms. The molecule has 0 fully saturated rings. The molecule has 0 atom stereocenters. The summed E-state index contributed by atoms with van der Waals surface area (Å²) in [5.74, 6) is -0.700. The number of nitrogens with zero attached hydrogens (tertiary/aromatic N) is 1. The summed E-state index contributed by atoms with van der Waals surface area (Å²) in [6, 6.07) is 15.3. The van der Waals surface area contributed by atoms with E-state index < -0.39 is 16.4 Å². The van der Waals surface area contributed by atoms with E-state index in [0.717, 1.165) is 10.8 Å². The minimum Gasteiger partial charge on any atom is -0.446 e. The minimum atomic E-state index is -0.720. The van der Waals surface area contributed by atoms with Gasteiger partial charge in [0, 0.05) is 11.5 Å². The number of ether oxygens (including phenoxy) is 1. The number of hydrogen-bond acceptors (Lipinski definition) is 3. The van der Waals surface area contributed by atoms with Crippen LogP contribution < -0.4 is 4.74 Å². The van der Waals surface area contributed by atoms with Crippen molar-refractivity contribution in [1.82, 2.24) is 0 Å². The van der Waals surface area contributed by atoms with E-state index in [1.807, 2.05) is 30.3 Å². The fourth-order valence-electron chi connectivity index (χ4n) is 2.28. The molecule has 110 valence electrons. The average molecular weight is 297 g/mol. The Morgan fingerprint density at radius 3 is 2.55 bits per heavy atom. The van der Waals surface area contributed by atoms with Crippen LogP contribution in [0.25, 0.3) is 10.8 Å². The summed E-state index contributed by atoms with van der Waals surface area (Å²) >= 11 is 0. The molecule has 4 nitrogen and oxygen atoms in total. The largest absolute Gasteiger partial charge is 0.446 e. The van der Waals surface area contributed by atoms with Gasteiger partial charge in [0.1, 0.15) is 5.75 Å². The Bertz CT molecular complexity index is 872.